The predicted octanol–water partition coefficient (Wildman–Crippen LogP) is 2.66. The number of nitrogens with zero attached hydrogens (tertiary/aromatic N) is 2. The van der Waals surface area contributed by atoms with Crippen molar-refractivity contribution in [2.75, 3.05) is 0 Å². The average molecular weight is 276 g/mol. The average Bonchev–Trinajstić information content (AvgIpc) is 2.46. The van der Waals surface area contributed by atoms with Crippen LogP contribution in [0.2, 0.25) is 0 Å². The van der Waals surface area contributed by atoms with Gasteiger partial charge in [0.2, 0.25) is 0 Å². The van der Waals surface area contributed by atoms with Gasteiger partial charge < -0.3 is 5.11 Å². The van der Waals surface area contributed by atoms with Crippen LogP contribution in [0, 0.1) is 16.0 Å². The fourth-order valence-electron chi connectivity index (χ4n) is 2.35. The molecule has 2 rings (SSSR count). The molecule has 0 aliphatic heterocycles. The van der Waals surface area contributed by atoms with Gasteiger partial charge in [-0.3, -0.25) is 19.9 Å². The predicted molar refractivity (Wildman–Crippen MR) is 74.1 cm³/mol. The molecule has 1 aromatic carbocycles. The number of benzene rings is 1. The zero-order chi connectivity index (χ0) is 14.5. The van der Waals surface area contributed by atoms with E-state index in [0.717, 1.165) is 18.4 Å². The second-order valence-corrected chi connectivity index (χ2v) is 4.97. The zero-order valence-corrected chi connectivity index (χ0v) is 10.9. The van der Waals surface area contributed by atoms with E-state index in [1.165, 1.54) is 12.1 Å². The Kier molecular flexibility index (Phi) is 4.45. The van der Waals surface area contributed by atoms with E-state index in [2.05, 4.69) is 4.99 Å². The summed E-state index contributed by atoms with van der Waals surface area (Å²) in [5.41, 5.74) is 0.875. The number of non-ortho nitro benzene ring substituents is 1. The second kappa shape index (κ2) is 6.27. The number of carboxylic acids is 1. The van der Waals surface area contributed by atoms with Gasteiger partial charge in [-0.25, -0.2) is 0 Å². The molecule has 106 valence electrons. The normalized spacial score (nSPS) is 22.8. The molecule has 0 unspecified atom stereocenters. The van der Waals surface area contributed by atoms with E-state index in [-0.39, 0.29) is 17.6 Å². The van der Waals surface area contributed by atoms with Crippen molar-refractivity contribution in [3.05, 3.63) is 39.9 Å². The molecular weight excluding hydrogens is 260 g/mol. The summed E-state index contributed by atoms with van der Waals surface area (Å²) in [6, 6.07) is 6.36. The lowest BCUT2D eigenvalue weighted by atomic mass is 9.86. The highest BCUT2D eigenvalue weighted by Crippen LogP contribution is 2.26. The van der Waals surface area contributed by atoms with Crippen LogP contribution < -0.4 is 0 Å². The van der Waals surface area contributed by atoms with Crippen LogP contribution in [-0.2, 0) is 4.79 Å². The molecule has 1 aliphatic rings. The Morgan fingerprint density at radius 2 is 1.85 bits per heavy atom. The number of carbonyl (C=O) groups is 1. The van der Waals surface area contributed by atoms with Crippen LogP contribution in [0.3, 0.4) is 0 Å². The topological polar surface area (TPSA) is 92.8 Å². The molecular formula is C14H16N2O4. The molecule has 0 atom stereocenters. The molecule has 1 aliphatic carbocycles. The number of aliphatic carboxylic acids is 1. The quantitative estimate of drug-likeness (QED) is 0.519. The van der Waals surface area contributed by atoms with Crippen molar-refractivity contribution < 1.29 is 14.8 Å². The first-order valence-electron chi connectivity index (χ1n) is 6.56. The first kappa shape index (κ1) is 14.2. The van der Waals surface area contributed by atoms with Crippen LogP contribution >= 0.6 is 0 Å². The summed E-state index contributed by atoms with van der Waals surface area (Å²) >= 11 is 0. The van der Waals surface area contributed by atoms with E-state index in [1.54, 1.807) is 18.3 Å². The van der Waals surface area contributed by atoms with Gasteiger partial charge in [0.25, 0.3) is 5.69 Å². The minimum Gasteiger partial charge on any atom is -0.481 e. The van der Waals surface area contributed by atoms with Crippen LogP contribution in [0.25, 0.3) is 0 Å². The van der Waals surface area contributed by atoms with E-state index in [0.29, 0.717) is 12.8 Å². The smallest absolute Gasteiger partial charge is 0.306 e. The number of nitro benzene ring substituents is 1. The number of rotatable bonds is 4. The van der Waals surface area contributed by atoms with Gasteiger partial charge in [0, 0.05) is 24.4 Å². The fourth-order valence-corrected chi connectivity index (χ4v) is 2.35. The molecule has 0 amide bonds. The summed E-state index contributed by atoms with van der Waals surface area (Å²) in [5, 5.41) is 19.4. The van der Waals surface area contributed by atoms with Crippen molar-refractivity contribution in [3.63, 3.8) is 0 Å². The van der Waals surface area contributed by atoms with Gasteiger partial charge >= 0.3 is 5.97 Å². The number of hydrogen-bond donors (Lipinski definition) is 1. The minimum absolute atomic E-state index is 0.0594. The van der Waals surface area contributed by atoms with Crippen LogP contribution in [0.1, 0.15) is 31.2 Å². The molecule has 0 spiro atoms. The molecule has 6 nitrogen and oxygen atoms in total. The van der Waals surface area contributed by atoms with Gasteiger partial charge in [0.1, 0.15) is 0 Å². The van der Waals surface area contributed by atoms with Gasteiger partial charge in [0.15, 0.2) is 0 Å². The number of hydrogen-bond acceptors (Lipinski definition) is 4. The highest BCUT2D eigenvalue weighted by atomic mass is 16.6. The first-order chi connectivity index (χ1) is 9.56. The first-order valence-corrected chi connectivity index (χ1v) is 6.56. The van der Waals surface area contributed by atoms with Gasteiger partial charge in [-0.1, -0.05) is 0 Å². The van der Waals surface area contributed by atoms with Crippen molar-refractivity contribution in [1.29, 1.82) is 0 Å². The molecule has 1 fully saturated rings. The SMILES string of the molecule is O=C(O)C1CCC(N=Cc2ccc([N+](=O)[O-])cc2)CC1. The number of nitro groups is 1. The summed E-state index contributed by atoms with van der Waals surface area (Å²) < 4.78 is 0. The summed E-state index contributed by atoms with van der Waals surface area (Å²) in [7, 11) is 0. The summed E-state index contributed by atoms with van der Waals surface area (Å²) in [6.07, 6.45) is 4.59. The molecule has 0 saturated heterocycles. The summed E-state index contributed by atoms with van der Waals surface area (Å²) in [5.74, 6) is -0.955. The largest absolute Gasteiger partial charge is 0.481 e. The molecule has 1 N–H and O–H groups in total. The molecule has 0 radical (unpaired) electrons. The molecule has 0 bridgehead atoms. The van der Waals surface area contributed by atoms with E-state index >= 15 is 0 Å². The van der Waals surface area contributed by atoms with Crippen LogP contribution in [-0.4, -0.2) is 28.3 Å². The van der Waals surface area contributed by atoms with Crippen molar-refractivity contribution >= 4 is 17.9 Å². The lowest BCUT2D eigenvalue weighted by Gasteiger charge is -2.22. The zero-order valence-electron chi connectivity index (χ0n) is 10.9. The fraction of sp³-hybridized carbons (Fsp3) is 0.429. The van der Waals surface area contributed by atoms with Crippen LogP contribution in [0.15, 0.2) is 29.3 Å². The Bertz CT molecular complexity index is 516. The van der Waals surface area contributed by atoms with Crippen molar-refractivity contribution in [1.82, 2.24) is 0 Å². The van der Waals surface area contributed by atoms with E-state index in [1.807, 2.05) is 0 Å². The summed E-state index contributed by atoms with van der Waals surface area (Å²) in [4.78, 5) is 25.4. The van der Waals surface area contributed by atoms with Gasteiger partial charge in [-0.15, -0.1) is 0 Å². The third kappa shape index (κ3) is 3.63. The third-order valence-electron chi connectivity index (χ3n) is 3.58. The lowest BCUT2D eigenvalue weighted by Crippen LogP contribution is -2.23. The monoisotopic (exact) mass is 276 g/mol. The Labute approximate surface area is 116 Å². The van der Waals surface area contributed by atoms with Crippen molar-refractivity contribution in [2.45, 2.75) is 31.7 Å². The Morgan fingerprint density at radius 1 is 1.25 bits per heavy atom. The molecule has 6 heteroatoms. The Hall–Kier alpha value is -2.24. The standard InChI is InChI=1S/C14H16N2O4/c17-14(18)11-3-5-12(6-4-11)15-9-10-1-7-13(8-2-10)16(19)20/h1-2,7-9,11-12H,3-6H2,(H,17,18). The van der Waals surface area contributed by atoms with E-state index < -0.39 is 10.9 Å². The van der Waals surface area contributed by atoms with E-state index in [9.17, 15) is 14.9 Å². The maximum atomic E-state index is 10.8. The molecule has 0 aromatic heterocycles. The molecule has 1 saturated carbocycles. The highest BCUT2D eigenvalue weighted by Gasteiger charge is 2.25. The van der Waals surface area contributed by atoms with Gasteiger partial charge in [0.05, 0.1) is 10.8 Å². The number of carboxylic acid groups (broad SMARTS) is 1. The second-order valence-electron chi connectivity index (χ2n) is 4.97. The molecule has 0 heterocycles. The highest BCUT2D eigenvalue weighted by molar-refractivity contribution is 5.80. The maximum Gasteiger partial charge on any atom is 0.306 e. The lowest BCUT2D eigenvalue weighted by molar-refractivity contribution is -0.384. The summed E-state index contributed by atoms with van der Waals surface area (Å²) in [6.45, 7) is 0. The maximum absolute atomic E-state index is 10.8. The Balaban J connectivity index is 1.90. The van der Waals surface area contributed by atoms with Crippen LogP contribution in [0.4, 0.5) is 5.69 Å². The minimum atomic E-state index is -0.720. The Morgan fingerprint density at radius 3 is 2.35 bits per heavy atom. The van der Waals surface area contributed by atoms with Gasteiger partial charge in [-0.2, -0.15) is 0 Å². The molecule has 1 aromatic rings. The van der Waals surface area contributed by atoms with Crippen LogP contribution in [0.5, 0.6) is 0 Å². The number of aliphatic imine (C=N–C) groups is 1. The van der Waals surface area contributed by atoms with Gasteiger partial charge in [-0.05, 0) is 43.4 Å². The van der Waals surface area contributed by atoms with Crippen molar-refractivity contribution in [2.24, 2.45) is 10.9 Å². The van der Waals surface area contributed by atoms with Crippen molar-refractivity contribution in [3.8, 4) is 0 Å². The third-order valence-corrected chi connectivity index (χ3v) is 3.58. The van der Waals surface area contributed by atoms with E-state index in [4.69, 9.17) is 5.11 Å². The molecule has 20 heavy (non-hydrogen) atoms.